The first-order valence-electron chi connectivity index (χ1n) is 15.7. The van der Waals surface area contributed by atoms with E-state index in [0.29, 0.717) is 11.8 Å². The van der Waals surface area contributed by atoms with Gasteiger partial charge in [-0.2, -0.15) is 41.0 Å². The molecule has 0 bridgehead atoms. The molecule has 2 aliphatic rings. The summed E-state index contributed by atoms with van der Waals surface area (Å²) in [5.41, 5.74) is 12.9. The van der Waals surface area contributed by atoms with Gasteiger partial charge in [-0.25, -0.2) is 5.57 Å². The first kappa shape index (κ1) is 33.3. The second-order valence-electron chi connectivity index (χ2n) is 14.4. The molecule has 0 amide bonds. The summed E-state index contributed by atoms with van der Waals surface area (Å²) >= 11 is 1.46. The van der Waals surface area contributed by atoms with Crippen molar-refractivity contribution in [3.63, 3.8) is 0 Å². The number of hydrogen-bond acceptors (Lipinski definition) is 0. The van der Waals surface area contributed by atoms with Crippen LogP contribution in [0.15, 0.2) is 90.0 Å². The Kier molecular flexibility index (Phi) is 10.5. The Morgan fingerprint density at radius 3 is 2.07 bits per heavy atom. The molecular formula is C42H48Zr. The van der Waals surface area contributed by atoms with E-state index >= 15 is 0 Å². The summed E-state index contributed by atoms with van der Waals surface area (Å²) in [6, 6.07) is 30.0. The monoisotopic (exact) mass is 642 g/mol. The topological polar surface area (TPSA) is 0 Å². The van der Waals surface area contributed by atoms with Gasteiger partial charge in [-0.05, 0) is 17.4 Å². The molecule has 1 atom stereocenters. The zero-order valence-electron chi connectivity index (χ0n) is 27.9. The van der Waals surface area contributed by atoms with Crippen molar-refractivity contribution < 1.29 is 24.2 Å². The average Bonchev–Trinajstić information content (AvgIpc) is 3.50. The van der Waals surface area contributed by atoms with Crippen molar-refractivity contribution in [3.05, 3.63) is 130 Å². The Hall–Kier alpha value is -2.63. The van der Waals surface area contributed by atoms with Crippen LogP contribution in [0.4, 0.5) is 0 Å². The van der Waals surface area contributed by atoms with Crippen LogP contribution in [-0.2, 0) is 41.5 Å². The van der Waals surface area contributed by atoms with Gasteiger partial charge in [0.15, 0.2) is 0 Å². The van der Waals surface area contributed by atoms with Crippen molar-refractivity contribution >= 4 is 14.5 Å². The molecule has 4 aromatic rings. The van der Waals surface area contributed by atoms with Crippen molar-refractivity contribution in [2.45, 2.75) is 86.5 Å². The fourth-order valence-corrected chi connectivity index (χ4v) is 6.47. The molecular weight excluding hydrogens is 596 g/mol. The van der Waals surface area contributed by atoms with Gasteiger partial charge in [0.25, 0.3) is 0 Å². The average molecular weight is 644 g/mol. The van der Waals surface area contributed by atoms with Gasteiger partial charge in [-0.3, -0.25) is 6.08 Å². The Bertz CT molecular complexity index is 1600. The second-order valence-corrected chi connectivity index (χ2v) is 15.1. The van der Waals surface area contributed by atoms with E-state index in [9.17, 15) is 0 Å². The Morgan fingerprint density at radius 2 is 1.49 bits per heavy atom. The van der Waals surface area contributed by atoms with E-state index in [-0.39, 0.29) is 10.8 Å². The number of rotatable bonds is 2. The van der Waals surface area contributed by atoms with Crippen molar-refractivity contribution in [2.24, 2.45) is 11.8 Å². The Balaban J connectivity index is 0.000000163. The molecule has 0 saturated carbocycles. The van der Waals surface area contributed by atoms with E-state index < -0.39 is 0 Å². The standard InChI is InChI=1S/C21H25.C11H8.C10H15.Zr/c1-20(2,3)16-9-7-14-11-15-8-10-17(21(4,5)6)13-19(15)18(14)12-16;1-9-5-4-7-10-6-2-3-8-11(9)10;1-7(2)10-6-8(3)5-9(10)4;/h7,9-10,12-13H,11H2,1-6H3;1-8H;6-8H,1-4H3;/q-1;;-1;+2. The Labute approximate surface area is 276 Å². The predicted octanol–water partition coefficient (Wildman–Crippen LogP) is 11.2. The van der Waals surface area contributed by atoms with Crippen LogP contribution in [0, 0.1) is 24.0 Å². The molecule has 1 heteroatoms. The maximum atomic E-state index is 3.53. The van der Waals surface area contributed by atoms with Gasteiger partial charge in [0.1, 0.15) is 0 Å². The molecule has 0 nitrogen and oxygen atoms in total. The van der Waals surface area contributed by atoms with Crippen LogP contribution in [0.5, 0.6) is 0 Å². The molecule has 43 heavy (non-hydrogen) atoms. The van der Waals surface area contributed by atoms with Crippen molar-refractivity contribution in [3.8, 4) is 11.1 Å². The Morgan fingerprint density at radius 1 is 0.837 bits per heavy atom. The molecule has 1 unspecified atom stereocenters. The predicted molar refractivity (Wildman–Crippen MR) is 185 cm³/mol. The van der Waals surface area contributed by atoms with Crippen LogP contribution in [0.1, 0.15) is 97.1 Å². The third-order valence-electron chi connectivity index (χ3n) is 8.43. The summed E-state index contributed by atoms with van der Waals surface area (Å²) in [4.78, 5) is 0. The molecule has 0 N–H and O–H groups in total. The fourth-order valence-electron chi connectivity index (χ4n) is 5.85. The number of benzene rings is 4. The second kappa shape index (κ2) is 13.6. The number of fused-ring (bicyclic) bond motifs is 4. The van der Waals surface area contributed by atoms with E-state index in [1.54, 1.807) is 0 Å². The SMILES string of the molecule is CC(C)(C)c1c[c-]c2c(c1)-c1cc(C(C)(C)C)ccc1C2.CC1=[C-]C(C)C=C1C(C)C.[Zr+2]=[CH]c1cccc2ccccc12. The first-order valence-corrected chi connectivity index (χ1v) is 17.1. The van der Waals surface area contributed by atoms with Crippen LogP contribution < -0.4 is 0 Å². The normalized spacial score (nSPS) is 15.5. The molecule has 6 rings (SSSR count). The molecule has 0 aliphatic heterocycles. The van der Waals surface area contributed by atoms with E-state index in [2.05, 4.69) is 164 Å². The molecule has 0 saturated heterocycles. The van der Waals surface area contributed by atoms with Gasteiger partial charge in [-0.15, -0.1) is 5.56 Å². The third-order valence-corrected chi connectivity index (χ3v) is 9.20. The summed E-state index contributed by atoms with van der Waals surface area (Å²) in [6.07, 6.45) is 6.71. The van der Waals surface area contributed by atoms with Gasteiger partial charge in [0.2, 0.25) is 0 Å². The van der Waals surface area contributed by atoms with E-state index in [1.807, 2.05) is 0 Å². The summed E-state index contributed by atoms with van der Waals surface area (Å²) in [5.74, 6) is 1.20. The molecule has 0 aromatic heterocycles. The fraction of sp³-hybridized carbons (Fsp3) is 0.357. The van der Waals surface area contributed by atoms with Gasteiger partial charge in [0.05, 0.1) is 0 Å². The van der Waals surface area contributed by atoms with Crippen molar-refractivity contribution in [2.75, 3.05) is 0 Å². The number of allylic oxidation sites excluding steroid dienone is 4. The molecule has 0 spiro atoms. The minimum absolute atomic E-state index is 0.177. The maximum absolute atomic E-state index is 3.53. The van der Waals surface area contributed by atoms with E-state index in [1.165, 1.54) is 85.1 Å². The third kappa shape index (κ3) is 8.10. The van der Waals surface area contributed by atoms with Crippen LogP contribution in [0.3, 0.4) is 0 Å². The zero-order valence-corrected chi connectivity index (χ0v) is 30.4. The van der Waals surface area contributed by atoms with Crippen molar-refractivity contribution in [1.29, 1.82) is 0 Å². The van der Waals surface area contributed by atoms with Gasteiger partial charge in [-0.1, -0.05) is 116 Å². The molecule has 2 aliphatic carbocycles. The zero-order chi connectivity index (χ0) is 31.5. The van der Waals surface area contributed by atoms with Crippen molar-refractivity contribution in [1.82, 2.24) is 0 Å². The van der Waals surface area contributed by atoms with Gasteiger partial charge >= 0.3 is 86.7 Å². The summed E-state index contributed by atoms with van der Waals surface area (Å²) in [7, 11) is 0. The van der Waals surface area contributed by atoms with Crippen LogP contribution in [0.25, 0.3) is 21.9 Å². The van der Waals surface area contributed by atoms with Crippen LogP contribution >= 0.6 is 0 Å². The van der Waals surface area contributed by atoms with Crippen LogP contribution in [0.2, 0.25) is 0 Å². The molecule has 220 valence electrons. The summed E-state index contributed by atoms with van der Waals surface area (Å²) < 4.78 is 2.23. The number of hydrogen-bond donors (Lipinski definition) is 0. The summed E-state index contributed by atoms with van der Waals surface area (Å²) in [5, 5.41) is 2.69. The quantitative estimate of drug-likeness (QED) is 0.168. The van der Waals surface area contributed by atoms with E-state index in [4.69, 9.17) is 0 Å². The van der Waals surface area contributed by atoms with Gasteiger partial charge in [0, 0.05) is 0 Å². The summed E-state index contributed by atoms with van der Waals surface area (Å²) in [6.45, 7) is 22.4. The molecule has 0 radical (unpaired) electrons. The minimum atomic E-state index is 0.177. The molecule has 0 heterocycles. The van der Waals surface area contributed by atoms with Gasteiger partial charge < -0.3 is 0 Å². The van der Waals surface area contributed by atoms with Crippen LogP contribution in [-0.4, -0.2) is 3.71 Å². The van der Waals surface area contributed by atoms with E-state index in [0.717, 1.165) is 6.42 Å². The molecule has 4 aromatic carbocycles. The molecule has 0 fully saturated rings. The first-order chi connectivity index (χ1) is 20.2.